The van der Waals surface area contributed by atoms with Gasteiger partial charge in [0.05, 0.1) is 6.10 Å². The Morgan fingerprint density at radius 3 is 2.50 bits per heavy atom. The normalized spacial score (nSPS) is 31.0. The molecule has 2 amide bonds. The van der Waals surface area contributed by atoms with Crippen molar-refractivity contribution in [3.05, 3.63) is 30.1 Å². The van der Waals surface area contributed by atoms with Gasteiger partial charge in [-0.2, -0.15) is 4.31 Å². The molecule has 3 fully saturated rings. The fraction of sp³-hybridized carbons (Fsp3) is 0.632. The maximum absolute atomic E-state index is 14.0. The van der Waals surface area contributed by atoms with E-state index < -0.39 is 15.8 Å². The maximum atomic E-state index is 14.0. The highest BCUT2D eigenvalue weighted by Gasteiger charge is 2.43. The second-order valence-corrected chi connectivity index (χ2v) is 9.91. The summed E-state index contributed by atoms with van der Waals surface area (Å²) < 4.78 is 40.9. The molecule has 0 aliphatic carbocycles. The number of nitrogens with one attached hydrogen (secondary N) is 1. The van der Waals surface area contributed by atoms with E-state index in [1.54, 1.807) is 0 Å². The van der Waals surface area contributed by atoms with Crippen molar-refractivity contribution in [3.63, 3.8) is 0 Å². The van der Waals surface area contributed by atoms with E-state index in [2.05, 4.69) is 5.32 Å². The Labute approximate surface area is 164 Å². The van der Waals surface area contributed by atoms with Crippen LogP contribution >= 0.6 is 0 Å². The predicted molar refractivity (Wildman–Crippen MR) is 101 cm³/mol. The summed E-state index contributed by atoms with van der Waals surface area (Å²) in [4.78, 5) is 14.3. The minimum Gasteiger partial charge on any atom is -0.393 e. The van der Waals surface area contributed by atoms with Crippen molar-refractivity contribution in [1.29, 1.82) is 0 Å². The fourth-order valence-corrected chi connectivity index (χ4v) is 6.39. The molecule has 28 heavy (non-hydrogen) atoms. The number of halogens is 1. The third-order valence-corrected chi connectivity index (χ3v) is 8.01. The molecule has 2 bridgehead atoms. The molecule has 0 saturated carbocycles. The van der Waals surface area contributed by atoms with Crippen LogP contribution in [0, 0.1) is 5.82 Å². The van der Waals surface area contributed by atoms with Crippen LogP contribution in [0.4, 0.5) is 9.18 Å². The Morgan fingerprint density at radius 2 is 1.82 bits per heavy atom. The van der Waals surface area contributed by atoms with Crippen LogP contribution < -0.4 is 5.32 Å². The molecular weight excluding hydrogens is 385 g/mol. The zero-order valence-electron chi connectivity index (χ0n) is 15.6. The van der Waals surface area contributed by atoms with Gasteiger partial charge in [-0.1, -0.05) is 12.1 Å². The van der Waals surface area contributed by atoms with Crippen molar-refractivity contribution in [2.45, 2.75) is 67.6 Å². The zero-order chi connectivity index (χ0) is 19.9. The Hall–Kier alpha value is -1.71. The van der Waals surface area contributed by atoms with Gasteiger partial charge in [-0.05, 0) is 50.7 Å². The average Bonchev–Trinajstić information content (AvgIpc) is 2.94. The monoisotopic (exact) mass is 411 g/mol. The van der Waals surface area contributed by atoms with Crippen molar-refractivity contribution in [1.82, 2.24) is 14.5 Å². The number of nitrogens with zero attached hydrogens (tertiary/aromatic N) is 2. The van der Waals surface area contributed by atoms with Crippen molar-refractivity contribution >= 4 is 16.1 Å². The molecule has 0 unspecified atom stereocenters. The van der Waals surface area contributed by atoms with Crippen LogP contribution in [0.15, 0.2) is 29.2 Å². The number of carbonyl (C=O) groups excluding carboxylic acids is 1. The van der Waals surface area contributed by atoms with Crippen molar-refractivity contribution in [2.24, 2.45) is 0 Å². The summed E-state index contributed by atoms with van der Waals surface area (Å²) in [5.41, 5.74) is 0. The summed E-state index contributed by atoms with van der Waals surface area (Å²) in [7, 11) is -3.94. The van der Waals surface area contributed by atoms with Crippen molar-refractivity contribution < 1.29 is 22.7 Å². The molecule has 7 nitrogen and oxygen atoms in total. The number of aliphatic hydroxyl groups is 1. The molecular formula is C19H26FN3O4S. The Bertz CT molecular complexity index is 835. The SMILES string of the molecule is O=C(N[C@H]1CCCN(S(=O)(=O)c2ccccc2F)C1)N1[C@H]2CC[C@H]1CC(O)C2. The van der Waals surface area contributed by atoms with E-state index in [0.29, 0.717) is 32.2 Å². The molecule has 0 spiro atoms. The van der Waals surface area contributed by atoms with Crippen LogP contribution in [0.1, 0.15) is 38.5 Å². The van der Waals surface area contributed by atoms with Gasteiger partial charge in [-0.15, -0.1) is 0 Å². The molecule has 1 aromatic rings. The maximum Gasteiger partial charge on any atom is 0.318 e. The van der Waals surface area contributed by atoms with Crippen LogP contribution in [0.5, 0.6) is 0 Å². The lowest BCUT2D eigenvalue weighted by Gasteiger charge is -2.39. The van der Waals surface area contributed by atoms with E-state index in [1.165, 1.54) is 22.5 Å². The molecule has 3 saturated heterocycles. The number of fused-ring (bicyclic) bond motifs is 2. The molecule has 0 radical (unpaired) electrons. The number of amides is 2. The first-order valence-corrected chi connectivity index (χ1v) is 11.3. The highest BCUT2D eigenvalue weighted by Crippen LogP contribution is 2.35. The van der Waals surface area contributed by atoms with Crippen LogP contribution in [-0.2, 0) is 10.0 Å². The van der Waals surface area contributed by atoms with Crippen LogP contribution in [0.3, 0.4) is 0 Å². The lowest BCUT2D eigenvalue weighted by molar-refractivity contribution is 0.0528. The number of hydrogen-bond donors (Lipinski definition) is 2. The largest absolute Gasteiger partial charge is 0.393 e. The predicted octanol–water partition coefficient (Wildman–Crippen LogP) is 1.68. The summed E-state index contributed by atoms with van der Waals surface area (Å²) in [6, 6.07) is 4.96. The summed E-state index contributed by atoms with van der Waals surface area (Å²) in [5.74, 6) is -0.767. The van der Waals surface area contributed by atoms with E-state index in [1.807, 2.05) is 4.90 Å². The first-order valence-electron chi connectivity index (χ1n) is 9.88. The van der Waals surface area contributed by atoms with Gasteiger partial charge in [0, 0.05) is 31.2 Å². The minimum absolute atomic E-state index is 0.0515. The molecule has 4 rings (SSSR count). The molecule has 154 valence electrons. The molecule has 3 heterocycles. The van der Waals surface area contributed by atoms with Crippen LogP contribution in [-0.4, -0.2) is 66.1 Å². The number of carbonyl (C=O) groups is 1. The van der Waals surface area contributed by atoms with Gasteiger partial charge in [-0.25, -0.2) is 17.6 Å². The van der Waals surface area contributed by atoms with E-state index in [9.17, 15) is 22.7 Å². The number of hydrogen-bond acceptors (Lipinski definition) is 4. The molecule has 3 aliphatic heterocycles. The second-order valence-electron chi connectivity index (χ2n) is 8.00. The highest BCUT2D eigenvalue weighted by molar-refractivity contribution is 7.89. The third-order valence-electron chi connectivity index (χ3n) is 6.11. The standard InChI is InChI=1S/C19H26FN3O4S/c20-17-5-1-2-6-18(17)28(26,27)22-9-3-4-13(12-22)21-19(25)23-14-7-8-15(23)11-16(24)10-14/h1-2,5-6,13-16,24H,3-4,7-12H2,(H,21,25)/t13-,14-,15-/m0/s1. The van der Waals surface area contributed by atoms with Gasteiger partial charge >= 0.3 is 6.03 Å². The first kappa shape index (κ1) is 19.6. The molecule has 3 atom stereocenters. The van der Waals surface area contributed by atoms with E-state index in [4.69, 9.17) is 0 Å². The minimum atomic E-state index is -3.94. The van der Waals surface area contributed by atoms with E-state index >= 15 is 0 Å². The van der Waals surface area contributed by atoms with Crippen molar-refractivity contribution in [3.8, 4) is 0 Å². The number of sulfonamides is 1. The molecule has 2 N–H and O–H groups in total. The summed E-state index contributed by atoms with van der Waals surface area (Å²) >= 11 is 0. The number of piperidine rings is 2. The molecule has 3 aliphatic rings. The quantitative estimate of drug-likeness (QED) is 0.792. The van der Waals surface area contributed by atoms with Gasteiger partial charge in [-0.3, -0.25) is 0 Å². The Kier molecular flexibility index (Phi) is 5.32. The highest BCUT2D eigenvalue weighted by atomic mass is 32.2. The van der Waals surface area contributed by atoms with Gasteiger partial charge in [0.25, 0.3) is 0 Å². The molecule has 0 aromatic heterocycles. The van der Waals surface area contributed by atoms with Gasteiger partial charge < -0.3 is 15.3 Å². The summed E-state index contributed by atoms with van der Waals surface area (Å²) in [5, 5.41) is 12.9. The number of urea groups is 1. The third kappa shape index (κ3) is 3.62. The fourth-order valence-electron chi connectivity index (χ4n) is 4.80. The number of aliphatic hydroxyl groups excluding tert-OH is 1. The van der Waals surface area contributed by atoms with Gasteiger partial charge in [0.15, 0.2) is 0 Å². The number of rotatable bonds is 3. The second kappa shape index (κ2) is 7.61. The number of benzene rings is 1. The smallest absolute Gasteiger partial charge is 0.318 e. The lowest BCUT2D eigenvalue weighted by atomic mass is 10.0. The first-order chi connectivity index (χ1) is 13.4. The topological polar surface area (TPSA) is 90.0 Å². The van der Waals surface area contributed by atoms with Gasteiger partial charge in [0.1, 0.15) is 10.7 Å². The average molecular weight is 411 g/mol. The summed E-state index contributed by atoms with van der Waals surface area (Å²) in [6.45, 7) is 0.443. The van der Waals surface area contributed by atoms with Crippen LogP contribution in [0.25, 0.3) is 0 Å². The lowest BCUT2D eigenvalue weighted by Crippen LogP contribution is -2.57. The van der Waals surface area contributed by atoms with Crippen molar-refractivity contribution in [2.75, 3.05) is 13.1 Å². The Morgan fingerprint density at radius 1 is 1.14 bits per heavy atom. The molecule has 1 aromatic carbocycles. The molecule has 9 heteroatoms. The van der Waals surface area contributed by atoms with E-state index in [-0.39, 0.29) is 41.7 Å². The summed E-state index contributed by atoms with van der Waals surface area (Å²) in [6.07, 6.45) is 3.93. The Balaban J connectivity index is 1.43. The van der Waals surface area contributed by atoms with Crippen LogP contribution in [0.2, 0.25) is 0 Å². The van der Waals surface area contributed by atoms with E-state index in [0.717, 1.165) is 18.9 Å². The zero-order valence-corrected chi connectivity index (χ0v) is 16.4. The van der Waals surface area contributed by atoms with Gasteiger partial charge in [0.2, 0.25) is 10.0 Å².